The fraction of sp³-hybridized carbons (Fsp3) is 0.150. The molecular weight excluding hydrogens is 382 g/mol. The quantitative estimate of drug-likeness (QED) is 0.629. The molecule has 0 aliphatic rings. The van der Waals surface area contributed by atoms with Crippen LogP contribution in [0.3, 0.4) is 0 Å². The molecule has 0 fully saturated rings. The van der Waals surface area contributed by atoms with Crippen LogP contribution in [-0.4, -0.2) is 25.0 Å². The maximum absolute atomic E-state index is 12.3. The molecule has 1 aromatic carbocycles. The molecular formula is C20H17NO6S. The van der Waals surface area contributed by atoms with E-state index in [1.54, 1.807) is 37.3 Å². The lowest BCUT2D eigenvalue weighted by Crippen LogP contribution is -2.11. The second kappa shape index (κ2) is 8.53. The Morgan fingerprint density at radius 2 is 1.93 bits per heavy atom. The molecule has 2 aromatic heterocycles. The van der Waals surface area contributed by atoms with Gasteiger partial charge in [-0.25, -0.2) is 9.59 Å². The molecule has 0 unspecified atom stereocenters. The van der Waals surface area contributed by atoms with E-state index in [4.69, 9.17) is 9.15 Å². The number of carbonyl (C=O) groups excluding carboxylic acids is 3. The zero-order chi connectivity index (χ0) is 20.1. The summed E-state index contributed by atoms with van der Waals surface area (Å²) in [6.07, 6.45) is 0. The van der Waals surface area contributed by atoms with Gasteiger partial charge in [0.1, 0.15) is 23.7 Å². The smallest absolute Gasteiger partial charge is 0.341 e. The molecule has 0 aliphatic carbocycles. The van der Waals surface area contributed by atoms with E-state index in [2.05, 4.69) is 10.1 Å². The van der Waals surface area contributed by atoms with Gasteiger partial charge in [0.15, 0.2) is 0 Å². The number of carbonyl (C=O) groups is 3. The molecule has 144 valence electrons. The van der Waals surface area contributed by atoms with Crippen molar-refractivity contribution in [2.24, 2.45) is 0 Å². The second-order valence-electron chi connectivity index (χ2n) is 5.76. The van der Waals surface area contributed by atoms with Crippen molar-refractivity contribution in [2.75, 3.05) is 12.4 Å². The monoisotopic (exact) mass is 399 g/mol. The predicted octanol–water partition coefficient (Wildman–Crippen LogP) is 4.05. The molecule has 8 heteroatoms. The summed E-state index contributed by atoms with van der Waals surface area (Å²) >= 11 is 1.33. The molecule has 0 saturated carbocycles. The fourth-order valence-electron chi connectivity index (χ4n) is 2.47. The first kappa shape index (κ1) is 19.4. The van der Waals surface area contributed by atoms with E-state index in [0.717, 1.165) is 0 Å². The first-order valence-corrected chi connectivity index (χ1v) is 9.15. The normalized spacial score (nSPS) is 10.4. The lowest BCUT2D eigenvalue weighted by molar-refractivity contribution is 0.0443. The minimum Gasteiger partial charge on any atom is -0.465 e. The van der Waals surface area contributed by atoms with Gasteiger partial charge in [-0.3, -0.25) is 4.79 Å². The SMILES string of the molecule is COC(=O)c1cc(COC(=O)c2cccc(NC(=O)c3cccs3)c2)oc1C. The van der Waals surface area contributed by atoms with Gasteiger partial charge in [-0.2, -0.15) is 0 Å². The van der Waals surface area contributed by atoms with E-state index < -0.39 is 11.9 Å². The van der Waals surface area contributed by atoms with E-state index >= 15 is 0 Å². The topological polar surface area (TPSA) is 94.8 Å². The number of anilines is 1. The minimum absolute atomic E-state index is 0.136. The van der Waals surface area contributed by atoms with Gasteiger partial charge in [0.05, 0.1) is 17.6 Å². The van der Waals surface area contributed by atoms with Crippen molar-refractivity contribution in [3.63, 3.8) is 0 Å². The standard InChI is InChI=1S/C20H17NO6S/c1-12-16(20(24)25-2)10-15(27-12)11-26-19(23)13-5-3-6-14(9-13)21-18(22)17-7-4-8-28-17/h3-10H,11H2,1-2H3,(H,21,22). The summed E-state index contributed by atoms with van der Waals surface area (Å²) in [6, 6.07) is 11.4. The van der Waals surface area contributed by atoms with Crippen molar-refractivity contribution < 1.29 is 28.3 Å². The minimum atomic E-state index is -0.583. The first-order valence-electron chi connectivity index (χ1n) is 8.27. The van der Waals surface area contributed by atoms with E-state index in [0.29, 0.717) is 22.1 Å². The summed E-state index contributed by atoms with van der Waals surface area (Å²) in [6.45, 7) is 1.49. The summed E-state index contributed by atoms with van der Waals surface area (Å²) in [5.74, 6) is -0.639. The highest BCUT2D eigenvalue weighted by Crippen LogP contribution is 2.18. The van der Waals surface area contributed by atoms with Crippen LogP contribution in [0.2, 0.25) is 0 Å². The highest BCUT2D eigenvalue weighted by molar-refractivity contribution is 7.12. The van der Waals surface area contributed by atoms with Crippen LogP contribution in [0, 0.1) is 6.92 Å². The maximum Gasteiger partial charge on any atom is 0.341 e. The Morgan fingerprint density at radius 1 is 1.11 bits per heavy atom. The summed E-state index contributed by atoms with van der Waals surface area (Å²) in [5.41, 5.74) is 1.04. The molecule has 0 radical (unpaired) electrons. The first-order chi connectivity index (χ1) is 13.5. The lowest BCUT2D eigenvalue weighted by atomic mass is 10.2. The van der Waals surface area contributed by atoms with Crippen LogP contribution in [0.4, 0.5) is 5.69 Å². The second-order valence-corrected chi connectivity index (χ2v) is 6.71. The molecule has 1 N–H and O–H groups in total. The highest BCUT2D eigenvalue weighted by atomic mass is 32.1. The van der Waals surface area contributed by atoms with Crippen molar-refractivity contribution in [1.82, 2.24) is 0 Å². The Hall–Kier alpha value is -3.39. The van der Waals surface area contributed by atoms with Crippen molar-refractivity contribution >= 4 is 34.9 Å². The number of amides is 1. The van der Waals surface area contributed by atoms with Gasteiger partial charge in [-0.1, -0.05) is 12.1 Å². The zero-order valence-corrected chi connectivity index (χ0v) is 16.0. The summed E-state index contributed by atoms with van der Waals surface area (Å²) in [4.78, 5) is 36.6. The number of hydrogen-bond acceptors (Lipinski definition) is 7. The third-order valence-corrected chi connectivity index (χ3v) is 4.69. The van der Waals surface area contributed by atoms with Gasteiger partial charge in [-0.15, -0.1) is 11.3 Å². The van der Waals surface area contributed by atoms with Crippen LogP contribution in [0.25, 0.3) is 0 Å². The molecule has 3 rings (SSSR count). The van der Waals surface area contributed by atoms with Crippen LogP contribution in [0.1, 0.15) is 41.9 Å². The third-order valence-electron chi connectivity index (χ3n) is 3.82. The lowest BCUT2D eigenvalue weighted by Gasteiger charge is -2.07. The zero-order valence-electron chi connectivity index (χ0n) is 15.2. The number of thiophene rings is 1. The number of rotatable bonds is 6. The van der Waals surface area contributed by atoms with Crippen LogP contribution >= 0.6 is 11.3 Å². The Morgan fingerprint density at radius 3 is 2.64 bits per heavy atom. The fourth-order valence-corrected chi connectivity index (χ4v) is 3.09. The Bertz CT molecular complexity index is 1010. The Balaban J connectivity index is 1.63. The predicted molar refractivity (Wildman–Crippen MR) is 103 cm³/mol. The molecule has 7 nitrogen and oxygen atoms in total. The van der Waals surface area contributed by atoms with Crippen molar-refractivity contribution in [1.29, 1.82) is 0 Å². The number of nitrogens with one attached hydrogen (secondary N) is 1. The van der Waals surface area contributed by atoms with E-state index in [1.807, 2.05) is 5.38 Å². The molecule has 0 spiro atoms. The van der Waals surface area contributed by atoms with Crippen LogP contribution in [-0.2, 0) is 16.1 Å². The molecule has 2 heterocycles. The summed E-state index contributed by atoms with van der Waals surface area (Å²) in [5, 5.41) is 4.55. The molecule has 0 saturated heterocycles. The number of methoxy groups -OCH3 is 1. The van der Waals surface area contributed by atoms with Gasteiger partial charge < -0.3 is 19.2 Å². The van der Waals surface area contributed by atoms with Crippen molar-refractivity contribution in [3.8, 4) is 0 Å². The molecule has 0 aliphatic heterocycles. The molecule has 0 atom stereocenters. The van der Waals surface area contributed by atoms with Crippen LogP contribution in [0.5, 0.6) is 0 Å². The average molecular weight is 399 g/mol. The molecule has 1 amide bonds. The molecule has 28 heavy (non-hydrogen) atoms. The van der Waals surface area contributed by atoms with Crippen LogP contribution in [0.15, 0.2) is 52.3 Å². The molecule has 0 bridgehead atoms. The number of hydrogen-bond donors (Lipinski definition) is 1. The van der Waals surface area contributed by atoms with Crippen LogP contribution < -0.4 is 5.32 Å². The van der Waals surface area contributed by atoms with Gasteiger partial charge >= 0.3 is 11.9 Å². The highest BCUT2D eigenvalue weighted by Gasteiger charge is 2.17. The largest absolute Gasteiger partial charge is 0.465 e. The number of benzene rings is 1. The summed E-state index contributed by atoms with van der Waals surface area (Å²) < 4.78 is 15.3. The number of esters is 2. The van der Waals surface area contributed by atoms with Gasteiger partial charge in [-0.05, 0) is 42.6 Å². The number of ether oxygens (including phenoxy) is 2. The Kier molecular flexibility index (Phi) is 5.90. The maximum atomic E-state index is 12.3. The average Bonchev–Trinajstić information content (AvgIpc) is 3.35. The van der Waals surface area contributed by atoms with E-state index in [9.17, 15) is 14.4 Å². The van der Waals surface area contributed by atoms with E-state index in [-0.39, 0.29) is 23.6 Å². The van der Waals surface area contributed by atoms with Crippen molar-refractivity contribution in [2.45, 2.75) is 13.5 Å². The third kappa shape index (κ3) is 4.47. The number of furan rings is 1. The van der Waals surface area contributed by atoms with Gasteiger partial charge in [0.25, 0.3) is 5.91 Å². The van der Waals surface area contributed by atoms with E-state index in [1.165, 1.54) is 30.6 Å². The number of aryl methyl sites for hydroxylation is 1. The molecule has 3 aromatic rings. The van der Waals surface area contributed by atoms with Crippen molar-refractivity contribution in [3.05, 3.63) is 75.4 Å². The summed E-state index contributed by atoms with van der Waals surface area (Å²) in [7, 11) is 1.28. The van der Waals surface area contributed by atoms with Gasteiger partial charge in [0, 0.05) is 5.69 Å². The van der Waals surface area contributed by atoms with Gasteiger partial charge in [0.2, 0.25) is 0 Å². The Labute approximate surface area is 164 Å².